The molecule has 0 heterocycles. The molecule has 0 spiro atoms. The van der Waals surface area contributed by atoms with Crippen molar-refractivity contribution in [3.63, 3.8) is 0 Å². The Bertz CT molecular complexity index is 350. The molecule has 90 valence electrons. The predicted octanol–water partition coefficient (Wildman–Crippen LogP) is 1.67. The maximum absolute atomic E-state index is 13.0. The van der Waals surface area contributed by atoms with E-state index in [2.05, 4.69) is 26.8 Å². The first-order valence-electron chi connectivity index (χ1n) is 4.71. The van der Waals surface area contributed by atoms with Gasteiger partial charge in [0.25, 0.3) is 0 Å². The van der Waals surface area contributed by atoms with Crippen molar-refractivity contribution in [3.8, 4) is 0 Å². The van der Waals surface area contributed by atoms with Crippen LogP contribution in [0.3, 0.4) is 0 Å². The Morgan fingerprint density at radius 2 is 2.12 bits per heavy atom. The number of nitrogens with one attached hydrogen (secondary N) is 2. The zero-order chi connectivity index (χ0) is 12.1. The van der Waals surface area contributed by atoms with E-state index in [1.807, 2.05) is 0 Å². The Morgan fingerprint density at radius 1 is 1.44 bits per heavy atom. The molecule has 0 saturated heterocycles. The van der Waals surface area contributed by atoms with E-state index in [-0.39, 0.29) is 5.82 Å². The van der Waals surface area contributed by atoms with E-state index in [4.69, 9.17) is 9.84 Å². The summed E-state index contributed by atoms with van der Waals surface area (Å²) in [4.78, 5) is 0. The number of rotatable bonds is 5. The standard InChI is InChI=1S/C10H14BrFN2O2/c1-6(15)13-14-10(16-2)7-3-4-9(12)8(11)5-7/h3-6,10,13-15H,1-2H3. The van der Waals surface area contributed by atoms with E-state index in [0.717, 1.165) is 5.56 Å². The average molecular weight is 293 g/mol. The summed E-state index contributed by atoms with van der Waals surface area (Å²) in [7, 11) is 1.51. The second kappa shape index (κ2) is 6.27. The highest BCUT2D eigenvalue weighted by Gasteiger charge is 2.12. The number of methoxy groups -OCH3 is 1. The van der Waals surface area contributed by atoms with Crippen molar-refractivity contribution in [2.75, 3.05) is 7.11 Å². The van der Waals surface area contributed by atoms with Crippen LogP contribution in [0.2, 0.25) is 0 Å². The van der Waals surface area contributed by atoms with Gasteiger partial charge in [0.05, 0.1) is 4.47 Å². The van der Waals surface area contributed by atoms with Crippen molar-refractivity contribution in [1.82, 2.24) is 10.9 Å². The molecular formula is C10H14BrFN2O2. The number of benzene rings is 1. The first-order chi connectivity index (χ1) is 7.54. The van der Waals surface area contributed by atoms with Crippen LogP contribution in [0.5, 0.6) is 0 Å². The number of hydrogen-bond acceptors (Lipinski definition) is 4. The molecule has 16 heavy (non-hydrogen) atoms. The highest BCUT2D eigenvalue weighted by Crippen LogP contribution is 2.21. The van der Waals surface area contributed by atoms with Crippen LogP contribution in [0.25, 0.3) is 0 Å². The number of ether oxygens (including phenoxy) is 1. The fourth-order valence-corrected chi connectivity index (χ4v) is 1.55. The summed E-state index contributed by atoms with van der Waals surface area (Å²) in [6.07, 6.45) is -1.17. The van der Waals surface area contributed by atoms with Crippen LogP contribution in [0.15, 0.2) is 22.7 Å². The quantitative estimate of drug-likeness (QED) is 0.571. The van der Waals surface area contributed by atoms with Crippen molar-refractivity contribution in [3.05, 3.63) is 34.1 Å². The van der Waals surface area contributed by atoms with Crippen LogP contribution >= 0.6 is 15.9 Å². The molecule has 0 bridgehead atoms. The van der Waals surface area contributed by atoms with Crippen LogP contribution < -0.4 is 10.9 Å². The molecule has 0 aliphatic rings. The first kappa shape index (κ1) is 13.5. The summed E-state index contributed by atoms with van der Waals surface area (Å²) in [5.41, 5.74) is 6.11. The van der Waals surface area contributed by atoms with Gasteiger partial charge in [0.2, 0.25) is 0 Å². The molecule has 1 rings (SSSR count). The predicted molar refractivity (Wildman–Crippen MR) is 61.8 cm³/mol. The van der Waals surface area contributed by atoms with Gasteiger partial charge in [0.15, 0.2) is 0 Å². The maximum atomic E-state index is 13.0. The summed E-state index contributed by atoms with van der Waals surface area (Å²) in [6.45, 7) is 1.57. The fourth-order valence-electron chi connectivity index (χ4n) is 1.15. The third kappa shape index (κ3) is 3.80. The lowest BCUT2D eigenvalue weighted by Crippen LogP contribution is -2.41. The summed E-state index contributed by atoms with van der Waals surface area (Å²) < 4.78 is 18.5. The van der Waals surface area contributed by atoms with Gasteiger partial charge in [0.1, 0.15) is 18.3 Å². The van der Waals surface area contributed by atoms with Crippen LogP contribution in [0.1, 0.15) is 18.7 Å². The minimum absolute atomic E-state index is 0.331. The second-order valence-corrected chi connectivity index (χ2v) is 4.11. The SMILES string of the molecule is COC(NNC(C)O)c1ccc(F)c(Br)c1. The molecule has 0 saturated carbocycles. The molecule has 6 heteroatoms. The van der Waals surface area contributed by atoms with Gasteiger partial charge >= 0.3 is 0 Å². The molecule has 0 amide bonds. The molecule has 0 radical (unpaired) electrons. The van der Waals surface area contributed by atoms with E-state index in [1.54, 1.807) is 19.1 Å². The molecule has 1 aromatic rings. The van der Waals surface area contributed by atoms with E-state index >= 15 is 0 Å². The monoisotopic (exact) mass is 292 g/mol. The Hall–Kier alpha value is -0.530. The van der Waals surface area contributed by atoms with Crippen molar-refractivity contribution < 1.29 is 14.2 Å². The molecule has 0 fully saturated rings. The van der Waals surface area contributed by atoms with Gasteiger partial charge in [-0.05, 0) is 40.5 Å². The normalized spacial score (nSPS) is 14.8. The summed E-state index contributed by atoms with van der Waals surface area (Å²) >= 11 is 3.10. The van der Waals surface area contributed by atoms with Gasteiger partial charge in [-0.3, -0.25) is 0 Å². The highest BCUT2D eigenvalue weighted by molar-refractivity contribution is 9.10. The summed E-state index contributed by atoms with van der Waals surface area (Å²) in [5, 5.41) is 9.04. The maximum Gasteiger partial charge on any atom is 0.146 e. The fraction of sp³-hybridized carbons (Fsp3) is 0.400. The average Bonchev–Trinajstić information content (AvgIpc) is 2.23. The van der Waals surface area contributed by atoms with Crippen molar-refractivity contribution in [2.45, 2.75) is 19.4 Å². The van der Waals surface area contributed by atoms with Gasteiger partial charge in [-0.1, -0.05) is 6.07 Å². The van der Waals surface area contributed by atoms with Crippen molar-refractivity contribution >= 4 is 15.9 Å². The van der Waals surface area contributed by atoms with E-state index in [1.165, 1.54) is 13.2 Å². The molecule has 2 atom stereocenters. The largest absolute Gasteiger partial charge is 0.378 e. The molecule has 2 unspecified atom stereocenters. The molecule has 0 aliphatic heterocycles. The van der Waals surface area contributed by atoms with Crippen molar-refractivity contribution in [2.24, 2.45) is 0 Å². The van der Waals surface area contributed by atoms with Gasteiger partial charge in [-0.25, -0.2) is 15.2 Å². The summed E-state index contributed by atoms with van der Waals surface area (Å²) in [5.74, 6) is -0.331. The Labute approximate surface area is 102 Å². The highest BCUT2D eigenvalue weighted by atomic mass is 79.9. The number of hydrazine groups is 1. The van der Waals surface area contributed by atoms with Gasteiger partial charge in [-0.2, -0.15) is 0 Å². The lowest BCUT2D eigenvalue weighted by Gasteiger charge is -2.19. The van der Waals surface area contributed by atoms with Gasteiger partial charge < -0.3 is 9.84 Å². The lowest BCUT2D eigenvalue weighted by atomic mass is 10.2. The topological polar surface area (TPSA) is 53.5 Å². The van der Waals surface area contributed by atoms with Crippen LogP contribution in [-0.4, -0.2) is 18.4 Å². The first-order valence-corrected chi connectivity index (χ1v) is 5.50. The third-order valence-corrected chi connectivity index (χ3v) is 2.51. The Balaban J connectivity index is 2.74. The smallest absolute Gasteiger partial charge is 0.146 e. The molecule has 3 N–H and O–H groups in total. The van der Waals surface area contributed by atoms with E-state index in [9.17, 15) is 4.39 Å². The molecule has 0 aliphatic carbocycles. The molecule has 0 aromatic heterocycles. The number of hydrogen-bond donors (Lipinski definition) is 3. The van der Waals surface area contributed by atoms with Crippen LogP contribution in [0.4, 0.5) is 4.39 Å². The Kier molecular flexibility index (Phi) is 5.30. The minimum atomic E-state index is -0.707. The molecule has 1 aromatic carbocycles. The van der Waals surface area contributed by atoms with Crippen LogP contribution in [0, 0.1) is 5.82 Å². The number of aliphatic hydroxyl groups excluding tert-OH is 1. The van der Waals surface area contributed by atoms with Crippen LogP contribution in [-0.2, 0) is 4.74 Å². The number of halogens is 2. The van der Waals surface area contributed by atoms with Gasteiger partial charge in [0, 0.05) is 7.11 Å². The zero-order valence-electron chi connectivity index (χ0n) is 9.00. The number of aliphatic hydroxyl groups is 1. The molecule has 4 nitrogen and oxygen atoms in total. The third-order valence-electron chi connectivity index (χ3n) is 1.91. The lowest BCUT2D eigenvalue weighted by molar-refractivity contribution is 0.0302. The van der Waals surface area contributed by atoms with E-state index in [0.29, 0.717) is 4.47 Å². The molecular weight excluding hydrogens is 279 g/mol. The summed E-state index contributed by atoms with van der Waals surface area (Å²) in [6, 6.07) is 4.56. The minimum Gasteiger partial charge on any atom is -0.378 e. The van der Waals surface area contributed by atoms with E-state index < -0.39 is 12.5 Å². The van der Waals surface area contributed by atoms with Crippen molar-refractivity contribution in [1.29, 1.82) is 0 Å². The Morgan fingerprint density at radius 3 is 2.62 bits per heavy atom. The zero-order valence-corrected chi connectivity index (χ0v) is 10.6. The second-order valence-electron chi connectivity index (χ2n) is 3.25. The van der Waals surface area contributed by atoms with Gasteiger partial charge in [-0.15, -0.1) is 0 Å².